The zero-order valence-electron chi connectivity index (χ0n) is 12.5. The fourth-order valence-electron chi connectivity index (χ4n) is 1.83. The fourth-order valence-corrected chi connectivity index (χ4v) is 1.83. The number of amides is 2. The molecule has 7 heteroatoms. The van der Waals surface area contributed by atoms with Crippen LogP contribution in [-0.4, -0.2) is 64.2 Å². The van der Waals surface area contributed by atoms with Crippen LogP contribution >= 0.6 is 0 Å². The van der Waals surface area contributed by atoms with Crippen molar-refractivity contribution in [1.82, 2.24) is 9.80 Å². The first-order chi connectivity index (χ1) is 9.13. The average Bonchev–Trinajstić information content (AvgIpc) is 2.23. The van der Waals surface area contributed by atoms with E-state index in [1.165, 1.54) is 4.90 Å². The molecule has 0 aliphatic rings. The summed E-state index contributed by atoms with van der Waals surface area (Å²) in [6.07, 6.45) is 0. The van der Waals surface area contributed by atoms with E-state index < -0.39 is 31.1 Å². The topological polar surface area (TPSA) is 98.2 Å². The second kappa shape index (κ2) is 8.39. The Morgan fingerprint density at radius 1 is 0.800 bits per heavy atom. The highest BCUT2D eigenvalue weighted by Crippen LogP contribution is 2.08. The molecule has 20 heavy (non-hydrogen) atoms. The van der Waals surface area contributed by atoms with E-state index in [0.29, 0.717) is 13.1 Å². The molecule has 0 radical (unpaired) electrons. The largest absolute Gasteiger partial charge is 0.480 e. The lowest BCUT2D eigenvalue weighted by molar-refractivity contribution is -0.140. The van der Waals surface area contributed by atoms with Crippen LogP contribution in [-0.2, 0) is 9.59 Å². The maximum absolute atomic E-state index is 12.3. The van der Waals surface area contributed by atoms with Crippen molar-refractivity contribution < 1.29 is 24.6 Å². The third-order valence-electron chi connectivity index (χ3n) is 2.36. The highest BCUT2D eigenvalue weighted by Gasteiger charge is 2.25. The summed E-state index contributed by atoms with van der Waals surface area (Å²) in [7, 11) is 0. The molecule has 0 rings (SSSR count). The minimum Gasteiger partial charge on any atom is -0.480 e. The fraction of sp³-hybridized carbons (Fsp3) is 0.769. The molecular formula is C13H24N2O5. The van der Waals surface area contributed by atoms with Crippen LogP contribution in [0.2, 0.25) is 0 Å². The van der Waals surface area contributed by atoms with Crippen molar-refractivity contribution in [3.8, 4) is 0 Å². The second-order valence-corrected chi connectivity index (χ2v) is 5.62. The molecule has 2 N–H and O–H groups in total. The Hall–Kier alpha value is -1.79. The van der Waals surface area contributed by atoms with Gasteiger partial charge in [0.1, 0.15) is 13.1 Å². The van der Waals surface area contributed by atoms with Gasteiger partial charge in [-0.1, -0.05) is 27.7 Å². The lowest BCUT2D eigenvalue weighted by Crippen LogP contribution is -2.49. The van der Waals surface area contributed by atoms with Gasteiger partial charge in [0.15, 0.2) is 0 Å². The van der Waals surface area contributed by atoms with Gasteiger partial charge in [0, 0.05) is 13.1 Å². The van der Waals surface area contributed by atoms with Crippen molar-refractivity contribution in [2.75, 3.05) is 26.2 Å². The first kappa shape index (κ1) is 18.2. The van der Waals surface area contributed by atoms with Crippen LogP contribution in [0.15, 0.2) is 0 Å². The molecule has 0 spiro atoms. The van der Waals surface area contributed by atoms with E-state index >= 15 is 0 Å². The van der Waals surface area contributed by atoms with Crippen molar-refractivity contribution in [2.24, 2.45) is 11.8 Å². The van der Waals surface area contributed by atoms with E-state index in [0.717, 1.165) is 4.90 Å². The molecule has 0 bridgehead atoms. The molecule has 0 saturated carbocycles. The maximum Gasteiger partial charge on any atom is 0.323 e. The van der Waals surface area contributed by atoms with Crippen molar-refractivity contribution in [3.05, 3.63) is 0 Å². The summed E-state index contributed by atoms with van der Waals surface area (Å²) in [6, 6.07) is -0.544. The molecule has 0 saturated heterocycles. The molecule has 0 aliphatic heterocycles. The van der Waals surface area contributed by atoms with Crippen LogP contribution in [0.1, 0.15) is 27.7 Å². The van der Waals surface area contributed by atoms with Gasteiger partial charge in [-0.15, -0.1) is 0 Å². The molecule has 0 unspecified atom stereocenters. The van der Waals surface area contributed by atoms with Crippen LogP contribution in [0.25, 0.3) is 0 Å². The Morgan fingerprint density at radius 2 is 1.15 bits per heavy atom. The van der Waals surface area contributed by atoms with E-state index in [-0.39, 0.29) is 11.8 Å². The summed E-state index contributed by atoms with van der Waals surface area (Å²) in [6.45, 7) is 7.48. The Bertz CT molecular complexity index is 329. The lowest BCUT2D eigenvalue weighted by Gasteiger charge is -2.31. The number of carbonyl (C=O) groups is 3. The zero-order valence-corrected chi connectivity index (χ0v) is 12.5. The molecule has 0 heterocycles. The van der Waals surface area contributed by atoms with Gasteiger partial charge in [-0.2, -0.15) is 0 Å². The summed E-state index contributed by atoms with van der Waals surface area (Å²) < 4.78 is 0. The van der Waals surface area contributed by atoms with Crippen LogP contribution in [0.4, 0.5) is 4.79 Å². The number of carbonyl (C=O) groups excluding carboxylic acids is 1. The number of aliphatic carboxylic acids is 2. The number of carboxylic acid groups (broad SMARTS) is 2. The van der Waals surface area contributed by atoms with E-state index in [2.05, 4.69) is 0 Å². The second-order valence-electron chi connectivity index (χ2n) is 5.62. The van der Waals surface area contributed by atoms with Gasteiger partial charge in [-0.3, -0.25) is 9.59 Å². The summed E-state index contributed by atoms with van der Waals surface area (Å²) >= 11 is 0. The normalized spacial score (nSPS) is 10.7. The third kappa shape index (κ3) is 7.60. The third-order valence-corrected chi connectivity index (χ3v) is 2.36. The Labute approximate surface area is 119 Å². The summed E-state index contributed by atoms with van der Waals surface area (Å²) in [4.78, 5) is 36.2. The molecule has 116 valence electrons. The summed E-state index contributed by atoms with van der Waals surface area (Å²) in [5.41, 5.74) is 0. The zero-order chi connectivity index (χ0) is 15.9. The number of hydrogen-bond donors (Lipinski definition) is 2. The highest BCUT2D eigenvalue weighted by molar-refractivity contribution is 5.84. The van der Waals surface area contributed by atoms with Gasteiger partial charge in [0.25, 0.3) is 0 Å². The predicted octanol–water partition coefficient (Wildman–Crippen LogP) is 1.19. The average molecular weight is 288 g/mol. The van der Waals surface area contributed by atoms with E-state index in [1.807, 2.05) is 27.7 Å². The molecule has 0 aromatic rings. The van der Waals surface area contributed by atoms with Crippen LogP contribution < -0.4 is 0 Å². The Kier molecular flexibility index (Phi) is 7.64. The predicted molar refractivity (Wildman–Crippen MR) is 73.5 cm³/mol. The molecule has 7 nitrogen and oxygen atoms in total. The monoisotopic (exact) mass is 288 g/mol. The van der Waals surface area contributed by atoms with Crippen molar-refractivity contribution in [2.45, 2.75) is 27.7 Å². The Morgan fingerprint density at radius 3 is 1.40 bits per heavy atom. The van der Waals surface area contributed by atoms with Crippen LogP contribution in [0, 0.1) is 11.8 Å². The molecule has 0 fully saturated rings. The van der Waals surface area contributed by atoms with Crippen LogP contribution in [0.3, 0.4) is 0 Å². The van der Waals surface area contributed by atoms with E-state index in [9.17, 15) is 14.4 Å². The van der Waals surface area contributed by atoms with Crippen molar-refractivity contribution in [1.29, 1.82) is 0 Å². The minimum absolute atomic E-state index is 0.217. The number of hydrogen-bond acceptors (Lipinski definition) is 3. The van der Waals surface area contributed by atoms with E-state index in [4.69, 9.17) is 10.2 Å². The molecule has 2 amide bonds. The van der Waals surface area contributed by atoms with Crippen molar-refractivity contribution in [3.63, 3.8) is 0 Å². The molecule has 0 aliphatic carbocycles. The number of rotatable bonds is 8. The molecule has 0 atom stereocenters. The summed E-state index contributed by atoms with van der Waals surface area (Å²) in [5.74, 6) is -2.02. The van der Waals surface area contributed by atoms with Gasteiger partial charge in [-0.05, 0) is 11.8 Å². The molecule has 0 aromatic heterocycles. The first-order valence-electron chi connectivity index (χ1n) is 6.60. The number of urea groups is 1. The lowest BCUT2D eigenvalue weighted by atomic mass is 10.1. The maximum atomic E-state index is 12.3. The summed E-state index contributed by atoms with van der Waals surface area (Å²) in [5, 5.41) is 17.6. The van der Waals surface area contributed by atoms with E-state index in [1.54, 1.807) is 0 Å². The standard InChI is InChI=1S/C13H24N2O5/c1-9(2)5-14(6-10(3)4)13(20)15(7-11(16)17)8-12(18)19/h9-10H,5-8H2,1-4H3,(H,16,17)(H,18,19). The molecular weight excluding hydrogens is 264 g/mol. The minimum atomic E-state index is -1.23. The van der Waals surface area contributed by atoms with Gasteiger partial charge < -0.3 is 20.0 Å². The number of carboxylic acids is 2. The van der Waals surface area contributed by atoms with Gasteiger partial charge in [0.05, 0.1) is 0 Å². The Balaban J connectivity index is 5.00. The number of nitrogens with zero attached hydrogens (tertiary/aromatic N) is 2. The van der Waals surface area contributed by atoms with Crippen LogP contribution in [0.5, 0.6) is 0 Å². The highest BCUT2D eigenvalue weighted by atomic mass is 16.4. The van der Waals surface area contributed by atoms with Gasteiger partial charge in [-0.25, -0.2) is 4.79 Å². The quantitative estimate of drug-likeness (QED) is 0.699. The molecule has 0 aromatic carbocycles. The smallest absolute Gasteiger partial charge is 0.323 e. The van der Waals surface area contributed by atoms with Gasteiger partial charge in [0.2, 0.25) is 0 Å². The van der Waals surface area contributed by atoms with Gasteiger partial charge >= 0.3 is 18.0 Å². The first-order valence-corrected chi connectivity index (χ1v) is 6.60. The SMILES string of the molecule is CC(C)CN(CC(C)C)C(=O)N(CC(=O)O)CC(=O)O. The van der Waals surface area contributed by atoms with Crippen molar-refractivity contribution >= 4 is 18.0 Å².